The smallest absolute Gasteiger partial charge is 0.228 e. The number of hydrogen-bond donors (Lipinski definition) is 2. The number of piperidine rings is 1. The minimum Gasteiger partial charge on any atom is -0.369 e. The van der Waals surface area contributed by atoms with E-state index in [1.54, 1.807) is 0 Å². The van der Waals surface area contributed by atoms with E-state index < -0.39 is 5.41 Å². The van der Waals surface area contributed by atoms with E-state index in [2.05, 4.69) is 83.0 Å². The van der Waals surface area contributed by atoms with Crippen LogP contribution in [0.5, 0.6) is 0 Å². The van der Waals surface area contributed by atoms with Gasteiger partial charge in [-0.3, -0.25) is 9.59 Å². The maximum Gasteiger partial charge on any atom is 0.228 e. The summed E-state index contributed by atoms with van der Waals surface area (Å²) in [6, 6.07) is 35.8. The van der Waals surface area contributed by atoms with Gasteiger partial charge in [0, 0.05) is 24.9 Å². The molecule has 0 radical (unpaired) electrons. The Morgan fingerprint density at radius 1 is 0.825 bits per heavy atom. The van der Waals surface area contributed by atoms with Crippen LogP contribution in [0, 0.1) is 5.92 Å². The van der Waals surface area contributed by atoms with Gasteiger partial charge < -0.3 is 16.0 Å². The van der Waals surface area contributed by atoms with Gasteiger partial charge in [0.1, 0.15) is 0 Å². The Kier molecular flexibility index (Phi) is 7.16. The molecule has 3 N–H and O–H groups in total. The number of nitrogens with zero attached hydrogens (tertiary/aromatic N) is 1. The molecule has 0 bridgehead atoms. The normalized spacial score (nSPS) is 21.6. The third-order valence-corrected chi connectivity index (χ3v) is 9.49. The van der Waals surface area contributed by atoms with Gasteiger partial charge in [-0.05, 0) is 65.7 Å². The fraction of sp³-hybridized carbons (Fsp3) is 0.314. The van der Waals surface area contributed by atoms with Crippen LogP contribution >= 0.6 is 0 Å². The molecule has 2 amide bonds. The maximum absolute atomic E-state index is 12.9. The van der Waals surface area contributed by atoms with Gasteiger partial charge in [0.05, 0.1) is 5.41 Å². The van der Waals surface area contributed by atoms with Crippen molar-refractivity contribution < 1.29 is 9.59 Å². The van der Waals surface area contributed by atoms with Crippen molar-refractivity contribution in [1.82, 2.24) is 10.2 Å². The topological polar surface area (TPSA) is 75.4 Å². The number of rotatable bonds is 8. The highest BCUT2D eigenvalue weighted by Crippen LogP contribution is 2.43. The zero-order valence-electron chi connectivity index (χ0n) is 22.9. The van der Waals surface area contributed by atoms with Gasteiger partial charge in [-0.2, -0.15) is 0 Å². The van der Waals surface area contributed by atoms with E-state index in [-0.39, 0.29) is 23.1 Å². The van der Waals surface area contributed by atoms with Crippen LogP contribution in [0.1, 0.15) is 36.0 Å². The third-order valence-electron chi connectivity index (χ3n) is 9.49. The standard InChI is InChI=1S/C35H37N3O2/c36-33(40)34(29-13-5-2-6-14-29)17-19-38(20-18-34)24-31(21-26-9-3-1-4-10-26)35(23-32(39)37-25-35)30-16-15-27-11-7-8-12-28(27)22-30/h1-16,22,31H,17-21,23-25H2,(H2,36,40)(H,37,39). The third kappa shape index (κ3) is 4.90. The summed E-state index contributed by atoms with van der Waals surface area (Å²) < 4.78 is 0. The summed E-state index contributed by atoms with van der Waals surface area (Å²) in [5.41, 5.74) is 8.59. The molecule has 2 atom stereocenters. The van der Waals surface area contributed by atoms with E-state index in [1.165, 1.54) is 21.9 Å². The molecule has 2 aliphatic heterocycles. The van der Waals surface area contributed by atoms with Gasteiger partial charge in [0.25, 0.3) is 0 Å². The van der Waals surface area contributed by atoms with E-state index in [1.807, 2.05) is 30.3 Å². The van der Waals surface area contributed by atoms with Crippen LogP contribution in [0.4, 0.5) is 0 Å². The Hall–Kier alpha value is -3.96. The zero-order chi connectivity index (χ0) is 27.6. The first-order valence-electron chi connectivity index (χ1n) is 14.4. The van der Waals surface area contributed by atoms with Crippen molar-refractivity contribution in [2.24, 2.45) is 11.7 Å². The number of nitrogens with two attached hydrogens (primary N) is 1. The summed E-state index contributed by atoms with van der Waals surface area (Å²) in [6.07, 6.45) is 2.75. The molecule has 6 rings (SSSR count). The van der Waals surface area contributed by atoms with Crippen molar-refractivity contribution in [3.05, 3.63) is 120 Å². The second-order valence-electron chi connectivity index (χ2n) is 11.7. The Morgan fingerprint density at radius 2 is 1.48 bits per heavy atom. The molecule has 0 aliphatic carbocycles. The fourth-order valence-electron chi connectivity index (χ4n) is 7.09. The molecule has 5 nitrogen and oxygen atoms in total. The lowest BCUT2D eigenvalue weighted by molar-refractivity contribution is -0.125. The first-order chi connectivity index (χ1) is 19.5. The number of benzene rings is 4. The predicted octanol–water partition coefficient (Wildman–Crippen LogP) is 4.98. The van der Waals surface area contributed by atoms with Crippen LogP contribution in [0.3, 0.4) is 0 Å². The zero-order valence-corrected chi connectivity index (χ0v) is 22.9. The van der Waals surface area contributed by atoms with Crippen molar-refractivity contribution in [2.45, 2.75) is 36.5 Å². The quantitative estimate of drug-likeness (QED) is 0.337. The molecular formula is C35H37N3O2. The fourth-order valence-corrected chi connectivity index (χ4v) is 7.09. The van der Waals surface area contributed by atoms with E-state index >= 15 is 0 Å². The molecule has 2 unspecified atom stereocenters. The van der Waals surface area contributed by atoms with Gasteiger partial charge in [-0.1, -0.05) is 103 Å². The van der Waals surface area contributed by atoms with E-state index in [0.29, 0.717) is 25.8 Å². The summed E-state index contributed by atoms with van der Waals surface area (Å²) in [7, 11) is 0. The number of likely N-dealkylation sites (tertiary alicyclic amines) is 1. The van der Waals surface area contributed by atoms with Crippen molar-refractivity contribution in [3.63, 3.8) is 0 Å². The Morgan fingerprint density at radius 3 is 2.12 bits per heavy atom. The average Bonchev–Trinajstić information content (AvgIpc) is 3.40. The molecule has 0 aromatic heterocycles. The average molecular weight is 532 g/mol. The van der Waals surface area contributed by atoms with E-state index in [4.69, 9.17) is 5.73 Å². The molecule has 204 valence electrons. The largest absolute Gasteiger partial charge is 0.369 e. The first kappa shape index (κ1) is 26.3. The van der Waals surface area contributed by atoms with Crippen molar-refractivity contribution in [2.75, 3.05) is 26.2 Å². The second kappa shape index (κ2) is 10.9. The van der Waals surface area contributed by atoms with Gasteiger partial charge >= 0.3 is 0 Å². The van der Waals surface area contributed by atoms with Crippen molar-refractivity contribution >= 4 is 22.6 Å². The number of carbonyl (C=O) groups excluding carboxylic acids is 2. The van der Waals surface area contributed by atoms with Crippen LogP contribution in [-0.2, 0) is 26.8 Å². The molecule has 2 fully saturated rings. The minimum absolute atomic E-state index is 0.113. The van der Waals surface area contributed by atoms with Crippen LogP contribution in [0.15, 0.2) is 103 Å². The Labute approximate surface area is 236 Å². The van der Waals surface area contributed by atoms with Crippen LogP contribution in [0.25, 0.3) is 10.8 Å². The second-order valence-corrected chi connectivity index (χ2v) is 11.7. The van der Waals surface area contributed by atoms with E-state index in [0.717, 1.165) is 31.6 Å². The highest BCUT2D eigenvalue weighted by Gasteiger charge is 2.48. The van der Waals surface area contributed by atoms with Gasteiger partial charge in [0.2, 0.25) is 11.8 Å². The molecule has 0 saturated carbocycles. The lowest BCUT2D eigenvalue weighted by Gasteiger charge is -2.44. The van der Waals surface area contributed by atoms with Crippen molar-refractivity contribution in [3.8, 4) is 0 Å². The maximum atomic E-state index is 12.9. The summed E-state index contributed by atoms with van der Waals surface area (Å²) in [6.45, 7) is 3.06. The summed E-state index contributed by atoms with van der Waals surface area (Å²) in [5.74, 6) is 0.0758. The van der Waals surface area contributed by atoms with Gasteiger partial charge in [0.15, 0.2) is 0 Å². The van der Waals surface area contributed by atoms with Crippen molar-refractivity contribution in [1.29, 1.82) is 0 Å². The highest BCUT2D eigenvalue weighted by molar-refractivity contribution is 5.87. The molecule has 4 aromatic rings. The number of nitrogens with one attached hydrogen (secondary N) is 1. The first-order valence-corrected chi connectivity index (χ1v) is 14.4. The lowest BCUT2D eigenvalue weighted by Crippen LogP contribution is -2.52. The molecule has 2 aliphatic rings. The molecule has 5 heteroatoms. The molecule has 4 aromatic carbocycles. The number of amides is 2. The Bertz CT molecular complexity index is 1500. The minimum atomic E-state index is -0.631. The summed E-state index contributed by atoms with van der Waals surface area (Å²) in [5, 5.41) is 5.60. The molecule has 40 heavy (non-hydrogen) atoms. The van der Waals surface area contributed by atoms with E-state index in [9.17, 15) is 9.59 Å². The summed E-state index contributed by atoms with van der Waals surface area (Å²) >= 11 is 0. The Balaban J connectivity index is 1.33. The number of fused-ring (bicyclic) bond motifs is 1. The summed E-state index contributed by atoms with van der Waals surface area (Å²) in [4.78, 5) is 28.2. The monoisotopic (exact) mass is 531 g/mol. The molecular weight excluding hydrogens is 494 g/mol. The van der Waals surface area contributed by atoms with Gasteiger partial charge in [-0.15, -0.1) is 0 Å². The predicted molar refractivity (Wildman–Crippen MR) is 160 cm³/mol. The van der Waals surface area contributed by atoms with Crippen LogP contribution < -0.4 is 11.1 Å². The molecule has 2 saturated heterocycles. The molecule has 0 spiro atoms. The number of carbonyl (C=O) groups is 2. The molecule has 2 heterocycles. The highest BCUT2D eigenvalue weighted by atomic mass is 16.2. The number of primary amides is 1. The van der Waals surface area contributed by atoms with Crippen LogP contribution in [-0.4, -0.2) is 42.9 Å². The SMILES string of the molecule is NC(=O)C1(c2ccccc2)CCN(CC(Cc2ccccc2)C2(c3ccc4ccccc4c3)CNC(=O)C2)CC1. The van der Waals surface area contributed by atoms with Gasteiger partial charge in [-0.25, -0.2) is 0 Å². The number of hydrogen-bond acceptors (Lipinski definition) is 3. The lowest BCUT2D eigenvalue weighted by atomic mass is 9.66. The van der Waals surface area contributed by atoms with Crippen LogP contribution in [0.2, 0.25) is 0 Å².